The predicted octanol–water partition coefficient (Wildman–Crippen LogP) is 3.34. The van der Waals surface area contributed by atoms with Crippen molar-refractivity contribution in [3.63, 3.8) is 0 Å². The smallest absolute Gasteiger partial charge is 0.0907 e. The molecule has 1 atom stereocenters. The normalized spacial score (nSPS) is 20.0. The molecule has 0 saturated carbocycles. The van der Waals surface area contributed by atoms with Gasteiger partial charge in [-0.25, -0.2) is 4.98 Å². The van der Waals surface area contributed by atoms with Gasteiger partial charge in [0, 0.05) is 19.1 Å². The van der Waals surface area contributed by atoms with Gasteiger partial charge in [0.2, 0.25) is 0 Å². The number of piperidine rings is 1. The molecule has 0 radical (unpaired) electrons. The Morgan fingerprint density at radius 2 is 2.25 bits per heavy atom. The van der Waals surface area contributed by atoms with Crippen molar-refractivity contribution >= 4 is 34.0 Å². The first-order valence-electron chi connectivity index (χ1n) is 7.06. The fraction of sp³-hybridized carbons (Fsp3) is 0.533. The third-order valence-corrected chi connectivity index (χ3v) is 4.90. The average molecular weight is 312 g/mol. The van der Waals surface area contributed by atoms with Gasteiger partial charge in [-0.05, 0) is 44.0 Å². The summed E-state index contributed by atoms with van der Waals surface area (Å²) >= 11 is 1.78. The summed E-state index contributed by atoms with van der Waals surface area (Å²) in [4.78, 5) is 7.06. The van der Waals surface area contributed by atoms with E-state index < -0.39 is 0 Å². The highest BCUT2D eigenvalue weighted by atomic mass is 35.5. The highest BCUT2D eigenvalue weighted by molar-refractivity contribution is 7.18. The summed E-state index contributed by atoms with van der Waals surface area (Å²) in [5, 5.41) is 1.14. The van der Waals surface area contributed by atoms with Crippen LogP contribution in [0.25, 0.3) is 10.2 Å². The predicted molar refractivity (Wildman–Crippen MR) is 88.7 cm³/mol. The van der Waals surface area contributed by atoms with Gasteiger partial charge >= 0.3 is 0 Å². The van der Waals surface area contributed by atoms with Crippen LogP contribution < -0.4 is 5.73 Å². The number of likely N-dealkylation sites (tertiary alicyclic amines) is 1. The molecule has 1 aromatic carbocycles. The monoisotopic (exact) mass is 311 g/mol. The summed E-state index contributed by atoms with van der Waals surface area (Å²) in [5.41, 5.74) is 8.40. The van der Waals surface area contributed by atoms with Gasteiger partial charge in [0.1, 0.15) is 0 Å². The number of benzene rings is 1. The lowest BCUT2D eigenvalue weighted by molar-refractivity contribution is 0.145. The highest BCUT2D eigenvalue weighted by Gasteiger charge is 2.21. The maximum Gasteiger partial charge on any atom is 0.0907 e. The fourth-order valence-corrected chi connectivity index (χ4v) is 3.84. The highest BCUT2D eigenvalue weighted by Crippen LogP contribution is 2.25. The lowest BCUT2D eigenvalue weighted by atomic mass is 10.0. The molecular weight excluding hydrogens is 290 g/mol. The number of fused-ring (bicyclic) bond motifs is 1. The van der Waals surface area contributed by atoms with Gasteiger partial charge in [-0.1, -0.05) is 12.5 Å². The van der Waals surface area contributed by atoms with E-state index in [1.54, 1.807) is 11.3 Å². The van der Waals surface area contributed by atoms with Crippen LogP contribution in [0.15, 0.2) is 18.2 Å². The van der Waals surface area contributed by atoms with Crippen molar-refractivity contribution in [3.05, 3.63) is 28.8 Å². The van der Waals surface area contributed by atoms with Gasteiger partial charge < -0.3 is 5.73 Å². The van der Waals surface area contributed by atoms with Gasteiger partial charge in [-0.2, -0.15) is 0 Å². The van der Waals surface area contributed by atoms with Crippen LogP contribution in [0.3, 0.4) is 0 Å². The number of rotatable bonds is 3. The van der Waals surface area contributed by atoms with Crippen LogP contribution in [-0.2, 0) is 6.54 Å². The summed E-state index contributed by atoms with van der Waals surface area (Å²) in [6.45, 7) is 5.05. The van der Waals surface area contributed by atoms with Crippen molar-refractivity contribution in [2.75, 3.05) is 13.1 Å². The van der Waals surface area contributed by atoms with Crippen LogP contribution in [-0.4, -0.2) is 29.0 Å². The third-order valence-electron chi connectivity index (χ3n) is 3.97. The molecule has 1 saturated heterocycles. The number of thiazole rings is 1. The summed E-state index contributed by atoms with van der Waals surface area (Å²) in [5.74, 6) is 0. The molecule has 1 aromatic heterocycles. The summed E-state index contributed by atoms with van der Waals surface area (Å²) < 4.78 is 1.30. The van der Waals surface area contributed by atoms with Gasteiger partial charge in [0.15, 0.2) is 0 Å². The molecule has 2 heterocycles. The molecule has 110 valence electrons. The van der Waals surface area contributed by atoms with E-state index in [2.05, 4.69) is 35.0 Å². The number of hydrogen-bond acceptors (Lipinski definition) is 4. The Balaban J connectivity index is 0.00000147. The third kappa shape index (κ3) is 3.31. The topological polar surface area (TPSA) is 42.2 Å². The van der Waals surface area contributed by atoms with E-state index in [0.29, 0.717) is 6.04 Å². The Bertz CT molecular complexity index is 569. The Morgan fingerprint density at radius 1 is 1.40 bits per heavy atom. The largest absolute Gasteiger partial charge is 0.329 e. The minimum atomic E-state index is 0. The van der Waals surface area contributed by atoms with Crippen LogP contribution in [0, 0.1) is 6.92 Å². The van der Waals surface area contributed by atoms with Crippen molar-refractivity contribution in [2.45, 2.75) is 38.8 Å². The lowest BCUT2D eigenvalue weighted by Gasteiger charge is -2.35. The van der Waals surface area contributed by atoms with Gasteiger partial charge in [-0.15, -0.1) is 23.7 Å². The van der Waals surface area contributed by atoms with Crippen LogP contribution in [0.5, 0.6) is 0 Å². The molecule has 1 aliphatic heterocycles. The van der Waals surface area contributed by atoms with Gasteiger partial charge in [0.25, 0.3) is 0 Å². The zero-order chi connectivity index (χ0) is 13.2. The van der Waals surface area contributed by atoms with Crippen molar-refractivity contribution in [1.29, 1.82) is 0 Å². The second kappa shape index (κ2) is 6.85. The number of nitrogens with zero attached hydrogens (tertiary/aromatic N) is 2. The van der Waals surface area contributed by atoms with Crippen LogP contribution >= 0.6 is 23.7 Å². The Kier molecular flexibility index (Phi) is 5.38. The van der Waals surface area contributed by atoms with Crippen LogP contribution in [0.1, 0.15) is 29.8 Å². The second-order valence-electron chi connectivity index (χ2n) is 5.39. The number of hydrogen-bond donors (Lipinski definition) is 1. The average Bonchev–Trinajstić information content (AvgIpc) is 2.79. The maximum atomic E-state index is 5.89. The van der Waals surface area contributed by atoms with Crippen molar-refractivity contribution < 1.29 is 0 Å². The molecule has 20 heavy (non-hydrogen) atoms. The standard InChI is InChI=1S/C15H21N3S.ClH/c1-11-17-14-6-5-12(8-15(14)19-11)10-18-7-3-2-4-13(18)9-16;/h5-6,8,13H,2-4,7,9-10,16H2,1H3;1H. The molecular formula is C15H22ClN3S. The fourth-order valence-electron chi connectivity index (χ4n) is 2.95. The first kappa shape index (κ1) is 15.7. The SMILES string of the molecule is Cc1nc2ccc(CN3CCCCC3CN)cc2s1.Cl. The molecule has 1 fully saturated rings. The quantitative estimate of drug-likeness (QED) is 0.945. The zero-order valence-electron chi connectivity index (χ0n) is 11.8. The molecule has 0 aliphatic carbocycles. The van der Waals surface area contributed by atoms with Gasteiger partial charge in [-0.3, -0.25) is 4.90 Å². The van der Waals surface area contributed by atoms with E-state index in [9.17, 15) is 0 Å². The van der Waals surface area contributed by atoms with E-state index in [-0.39, 0.29) is 12.4 Å². The Labute approximate surface area is 130 Å². The van der Waals surface area contributed by atoms with Crippen LogP contribution in [0.4, 0.5) is 0 Å². The number of aryl methyl sites for hydroxylation is 1. The van der Waals surface area contributed by atoms with Crippen molar-refractivity contribution in [3.8, 4) is 0 Å². The first-order valence-corrected chi connectivity index (χ1v) is 7.88. The Hall–Kier alpha value is -0.680. The minimum Gasteiger partial charge on any atom is -0.329 e. The van der Waals surface area contributed by atoms with E-state index >= 15 is 0 Å². The number of nitrogens with two attached hydrogens (primary N) is 1. The zero-order valence-corrected chi connectivity index (χ0v) is 13.5. The summed E-state index contributed by atoms with van der Waals surface area (Å²) in [6, 6.07) is 7.22. The maximum absolute atomic E-state index is 5.89. The Morgan fingerprint density at radius 3 is 3.05 bits per heavy atom. The van der Waals surface area contributed by atoms with Crippen molar-refractivity contribution in [2.24, 2.45) is 5.73 Å². The van der Waals surface area contributed by atoms with Gasteiger partial charge in [0.05, 0.1) is 15.2 Å². The van der Waals surface area contributed by atoms with Crippen molar-refractivity contribution in [1.82, 2.24) is 9.88 Å². The minimum absolute atomic E-state index is 0. The molecule has 0 bridgehead atoms. The molecule has 5 heteroatoms. The molecule has 3 nitrogen and oxygen atoms in total. The first-order chi connectivity index (χ1) is 9.26. The van der Waals surface area contributed by atoms with Crippen LogP contribution in [0.2, 0.25) is 0 Å². The molecule has 1 aliphatic rings. The number of aromatic nitrogens is 1. The molecule has 2 N–H and O–H groups in total. The summed E-state index contributed by atoms with van der Waals surface area (Å²) in [7, 11) is 0. The molecule has 3 rings (SSSR count). The van der Waals surface area contributed by atoms with E-state index in [1.807, 2.05) is 0 Å². The molecule has 2 aromatic rings. The molecule has 0 spiro atoms. The molecule has 0 amide bonds. The van der Waals surface area contributed by atoms with E-state index in [1.165, 1.54) is 36.1 Å². The molecule has 1 unspecified atom stereocenters. The number of halogens is 1. The second-order valence-corrected chi connectivity index (χ2v) is 6.63. The van der Waals surface area contributed by atoms with E-state index in [4.69, 9.17) is 5.73 Å². The summed E-state index contributed by atoms with van der Waals surface area (Å²) in [6.07, 6.45) is 3.88. The van der Waals surface area contributed by atoms with E-state index in [0.717, 1.165) is 23.6 Å². The lowest BCUT2D eigenvalue weighted by Crippen LogP contribution is -2.43.